The summed E-state index contributed by atoms with van der Waals surface area (Å²) in [6.07, 6.45) is 12.7. The molecule has 0 aromatic carbocycles. The van der Waals surface area contributed by atoms with Gasteiger partial charge in [0.05, 0.1) is 143 Å². The van der Waals surface area contributed by atoms with Crippen LogP contribution in [0.4, 0.5) is 29.1 Å². The van der Waals surface area contributed by atoms with E-state index in [2.05, 4.69) is 171 Å². The van der Waals surface area contributed by atoms with Gasteiger partial charge in [0.25, 0.3) is 5.89 Å². The minimum Gasteiger partial charge on any atom is -0.453 e. The lowest BCUT2D eigenvalue weighted by atomic mass is 9.95. The zero-order chi connectivity index (χ0) is 104. The number of nitrogens with zero attached hydrogens (tertiary/aromatic N) is 23. The van der Waals surface area contributed by atoms with Crippen LogP contribution in [0.25, 0.3) is 55.8 Å². The molecule has 11 aliphatic rings. The number of thiophene rings is 1. The summed E-state index contributed by atoms with van der Waals surface area (Å²) in [6, 6.07) is 3.16. The van der Waals surface area contributed by atoms with Gasteiger partial charge in [0.2, 0.25) is 29.1 Å². The Morgan fingerprint density at radius 2 is 0.723 bits per heavy atom. The van der Waals surface area contributed by atoms with Crippen molar-refractivity contribution in [3.63, 3.8) is 0 Å². The number of Topliss-reactive ketones (excluding diaryl/α,β-unsaturated/α-hetero) is 5. The Morgan fingerprint density at radius 3 is 0.986 bits per heavy atom. The summed E-state index contributed by atoms with van der Waals surface area (Å²) in [6.45, 7) is 11.2. The van der Waals surface area contributed by atoms with Crippen LogP contribution in [-0.4, -0.2) is 288 Å². The molecule has 10 saturated carbocycles. The summed E-state index contributed by atoms with van der Waals surface area (Å²) in [4.78, 5) is 137. The number of ketones is 5. The summed E-state index contributed by atoms with van der Waals surface area (Å²) in [5.41, 5.74) is 3.62. The molecule has 14 aromatic heterocycles. The number of hydrogen-bond donors (Lipinski definition) is 15. The number of imidazole rings is 6. The lowest BCUT2D eigenvalue weighted by Crippen LogP contribution is -2.36. The number of nitrogens with one attached hydrogen (secondary N) is 5. The Balaban J connectivity index is 0.000000108. The van der Waals surface area contributed by atoms with E-state index < -0.39 is 118 Å². The standard InChI is InChI=1S/C21H21N5O4.C21H21N5O3S.C21H21N5O3.C20H21N7O3.C19H18N6O4/c1-10-4-5-12(30-10)6-7-14-24-19(22-3)15-20(25-14)26(9-23-15)16-13-8-21(13,11(2)27)18(29)17(16)28;1-10-6-7-30-13(10)4-5-14-24-19(22-3)15-20(25-14)26(9-23-15)16-12-8-21(12,11(2)27)18(29)17(16)28;1-11(27)21-9-13(21)16(17(28)18(21)29)26-10-23-15-19(22-2)24-14(25-20(15)26)8-7-12-5-3-4-6-12;1-10(28)20-6-12(20)15(16(29)17(20)30)27-9-23-14-18(21-2)24-13(25-19(14)27)5-4-11-7-22-8-26(11)3;1-9(26)19-7-10(19)14(15(27)16(19)28)25-8-22-13-17(20-2)23-11(24-18(13)25)3-4-12-21-5-6-29-12/h4-5,9,13,16-18,28-29H,8H2,1-3H3,(H,22,24,25);6-7,9,12,16-18,28-29H,8H2,1-3H3,(H,22,24,25);3-5,10,13,16-18,28-29H,6,9H2,1-2H3,(H,22,24,25);7-9,12,15-17,29-30H,6H2,1-3H3,(H,21,24,25);5-6,8,10,14-16,27-28H,7H2,1-2H3,(H,20,23,24)/t13?,16-,17+,18?,21+;12?,16-,17+,18?,21+;13?,16-,17+,18?,21+;12?,15-,16+,17?,20+;10?,14-,15+,16?,19+/m11111/s1. The molecule has 0 radical (unpaired) electrons. The Morgan fingerprint density at radius 1 is 0.399 bits per heavy atom. The van der Waals surface area contributed by atoms with E-state index in [1.54, 1.807) is 124 Å². The molecule has 14 aromatic rings. The van der Waals surface area contributed by atoms with Crippen LogP contribution in [0.3, 0.4) is 0 Å². The fourth-order valence-electron chi connectivity index (χ4n) is 23.6. The maximum Gasteiger partial charge on any atom is 0.273 e. The van der Waals surface area contributed by atoms with Crippen molar-refractivity contribution in [1.29, 1.82) is 0 Å². The highest BCUT2D eigenvalue weighted by Crippen LogP contribution is 2.73. The predicted octanol–water partition coefficient (Wildman–Crippen LogP) is 3.53. The van der Waals surface area contributed by atoms with Gasteiger partial charge in [-0.15, -0.1) is 11.3 Å². The molecule has 15 N–H and O–H groups in total. The molecule has 46 heteroatoms. The molecule has 11 aliphatic carbocycles. The SMILES string of the molecule is CNc1nc(C#CC2=CC=CC2)nc2c1ncn2[C@@H]1C2C[C@@]2(C(C)=O)C(O)[C@H]1O.CNc1nc(C#Cc2ccc(C)o2)nc2c1ncn2[C@@H]1C2C[C@@]2(C(C)=O)C(O)[C@H]1O.CNc1nc(C#Cc2cncn2C)nc2c1ncn2[C@@H]1C2C[C@@]2(C(C)=O)C(O)[C@H]1O.CNc1nc(C#Cc2ncco2)nc2c1ncn2[C@@H]1C2C[C@@]2(C(C)=O)C(O)[C@H]1O.CNc1nc(C#Cc2sccc2C)nc2c1ncn2[C@@H]1C2C[C@@]2(C(C)=O)C(O)[C@H]1O. The molecule has 25 rings (SSSR count). The lowest BCUT2D eigenvalue weighted by Gasteiger charge is -2.23. The third-order valence-electron chi connectivity index (χ3n) is 31.7. The van der Waals surface area contributed by atoms with Gasteiger partial charge < -0.3 is 114 Å². The third-order valence-corrected chi connectivity index (χ3v) is 32.6. The zero-order valence-corrected chi connectivity index (χ0v) is 82.9. The van der Waals surface area contributed by atoms with E-state index in [9.17, 15) is 75.0 Å². The number of anilines is 5. The van der Waals surface area contributed by atoms with Gasteiger partial charge in [0.1, 0.15) is 77.2 Å². The van der Waals surface area contributed by atoms with Gasteiger partial charge in [-0.3, -0.25) is 24.0 Å². The largest absolute Gasteiger partial charge is 0.453 e. The van der Waals surface area contributed by atoms with E-state index in [0.717, 1.165) is 33.9 Å². The van der Waals surface area contributed by atoms with Crippen molar-refractivity contribution in [2.45, 2.75) is 178 Å². The molecule has 0 aliphatic heterocycles. The Hall–Kier alpha value is -15.6. The quantitative estimate of drug-likeness (QED) is 0.0653. The molecule has 14 heterocycles. The summed E-state index contributed by atoms with van der Waals surface area (Å²) >= 11 is 1.56. The Labute approximate surface area is 846 Å². The molecular formula is C102H102N28O17S. The van der Waals surface area contributed by atoms with E-state index in [-0.39, 0.29) is 81.9 Å². The van der Waals surface area contributed by atoms with Crippen molar-refractivity contribution < 1.29 is 83.9 Å². The number of rotatable bonds is 15. The smallest absolute Gasteiger partial charge is 0.273 e. The number of aliphatic hydroxyl groups is 10. The second-order valence-corrected chi connectivity index (χ2v) is 40.1. The molecule has 148 heavy (non-hydrogen) atoms. The molecule has 25 atom stereocenters. The molecule has 10 fully saturated rings. The van der Waals surface area contributed by atoms with E-state index in [1.807, 2.05) is 56.6 Å². The first kappa shape index (κ1) is 98.4. The van der Waals surface area contributed by atoms with Gasteiger partial charge in [-0.2, -0.15) is 0 Å². The number of aryl methyl sites for hydroxylation is 3. The summed E-state index contributed by atoms with van der Waals surface area (Å²) in [5.74, 6) is 33.8. The van der Waals surface area contributed by atoms with Crippen LogP contribution in [0.1, 0.15) is 166 Å². The Kier molecular flexibility index (Phi) is 24.7. The molecule has 10 unspecified atom stereocenters. The van der Waals surface area contributed by atoms with Gasteiger partial charge in [-0.05, 0) is 193 Å². The number of furan rings is 1. The van der Waals surface area contributed by atoms with Crippen molar-refractivity contribution in [2.75, 3.05) is 61.8 Å². The van der Waals surface area contributed by atoms with Crippen LogP contribution in [-0.2, 0) is 31.0 Å². The molecular weight excluding hydrogens is 1920 g/mol. The maximum atomic E-state index is 12.2. The molecule has 758 valence electrons. The topological polar surface area (TPSA) is 623 Å². The fourth-order valence-corrected chi connectivity index (χ4v) is 24.4. The first-order valence-electron chi connectivity index (χ1n) is 48.0. The van der Waals surface area contributed by atoms with Gasteiger partial charge in [-0.1, -0.05) is 24.1 Å². The summed E-state index contributed by atoms with van der Waals surface area (Å²) < 4.78 is 21.1. The summed E-state index contributed by atoms with van der Waals surface area (Å²) in [5, 5.41) is 123. The number of allylic oxidation sites excluding steroid dienone is 4. The van der Waals surface area contributed by atoms with Gasteiger partial charge >= 0.3 is 0 Å². The zero-order valence-electron chi connectivity index (χ0n) is 82.1. The van der Waals surface area contributed by atoms with Crippen molar-refractivity contribution in [3.05, 3.63) is 167 Å². The highest BCUT2D eigenvalue weighted by atomic mass is 32.1. The number of fused-ring (bicyclic) bond motifs is 10. The van der Waals surface area contributed by atoms with Gasteiger partial charge in [-0.25, -0.2) is 84.7 Å². The van der Waals surface area contributed by atoms with E-state index in [4.69, 9.17) is 8.83 Å². The first-order chi connectivity index (χ1) is 71.1. The van der Waals surface area contributed by atoms with Crippen LogP contribution in [0, 0.1) is 130 Å². The van der Waals surface area contributed by atoms with Crippen molar-refractivity contribution in [2.24, 2.45) is 63.7 Å². The number of aliphatic hydroxyl groups excluding tert-OH is 10. The normalized spacial score (nSPS) is 30.0. The van der Waals surface area contributed by atoms with Crippen LogP contribution >= 0.6 is 11.3 Å². The number of hydrogen-bond acceptors (Lipinski definition) is 40. The minimum absolute atomic E-state index is 0.0866. The van der Waals surface area contributed by atoms with E-state index >= 15 is 0 Å². The third kappa shape index (κ3) is 15.7. The van der Waals surface area contributed by atoms with Gasteiger partial charge in [0.15, 0.2) is 90.7 Å². The van der Waals surface area contributed by atoms with Crippen molar-refractivity contribution >= 4 is 125 Å². The highest BCUT2D eigenvalue weighted by Gasteiger charge is 2.78. The predicted molar refractivity (Wildman–Crippen MR) is 531 cm³/mol. The maximum absolute atomic E-state index is 12.2. The average Bonchev–Trinajstić information content (AvgIpc) is 1.53. The molecule has 0 bridgehead atoms. The monoisotopic (exact) mass is 2020 g/mol. The first-order valence-corrected chi connectivity index (χ1v) is 48.8. The van der Waals surface area contributed by atoms with Crippen molar-refractivity contribution in [1.82, 2.24) is 112 Å². The fraction of sp³-hybridized carbons (Fsp3) is 0.431. The molecule has 0 saturated heterocycles. The van der Waals surface area contributed by atoms with Gasteiger partial charge in [0, 0.05) is 53.8 Å². The average molecular weight is 2020 g/mol. The molecule has 45 nitrogen and oxygen atoms in total. The second kappa shape index (κ2) is 37.1. The van der Waals surface area contributed by atoms with Crippen LogP contribution in [0.2, 0.25) is 0 Å². The Bertz CT molecular complexity index is 8050. The molecule has 0 amide bonds. The summed E-state index contributed by atoms with van der Waals surface area (Å²) in [7, 11) is 10.5. The number of aromatic nitrogens is 23. The van der Waals surface area contributed by atoms with E-state index in [1.165, 1.54) is 47.1 Å². The van der Waals surface area contributed by atoms with Crippen LogP contribution in [0.5, 0.6) is 0 Å². The van der Waals surface area contributed by atoms with Crippen molar-refractivity contribution in [3.8, 4) is 59.2 Å². The second-order valence-electron chi connectivity index (χ2n) is 39.2. The number of carbonyl (C=O) groups is 5. The van der Waals surface area contributed by atoms with E-state index in [0.29, 0.717) is 134 Å². The van der Waals surface area contributed by atoms with Crippen LogP contribution < -0.4 is 26.6 Å². The number of carbonyl (C=O) groups excluding carboxylic acids is 5. The lowest BCUT2D eigenvalue weighted by molar-refractivity contribution is -0.128. The number of oxazole rings is 1. The minimum atomic E-state index is -1.11. The molecule has 0 spiro atoms. The van der Waals surface area contributed by atoms with Crippen LogP contribution in [0.15, 0.2) is 113 Å². The highest BCUT2D eigenvalue weighted by molar-refractivity contribution is 7.10.